The highest BCUT2D eigenvalue weighted by Crippen LogP contribution is 2.31. The highest BCUT2D eigenvalue weighted by atomic mass is 35.5. The fraction of sp³-hybridized carbons (Fsp3) is 0.611. The Hall–Kier alpha value is -1.28. The number of hydrogen-bond donors (Lipinski definition) is 1. The first-order chi connectivity index (χ1) is 12.1. The Kier molecular flexibility index (Phi) is 9.08. The topological polar surface area (TPSA) is 54.0 Å². The summed E-state index contributed by atoms with van der Waals surface area (Å²) in [6.07, 6.45) is 1.41. The summed E-state index contributed by atoms with van der Waals surface area (Å²) >= 11 is 0. The molecule has 27 heavy (non-hydrogen) atoms. The van der Waals surface area contributed by atoms with Crippen LogP contribution in [0.1, 0.15) is 12.8 Å². The van der Waals surface area contributed by atoms with Crippen LogP contribution in [0.3, 0.4) is 0 Å². The van der Waals surface area contributed by atoms with Crippen LogP contribution >= 0.6 is 24.8 Å². The third-order valence-corrected chi connectivity index (χ3v) is 5.24. The molecule has 6 nitrogen and oxygen atoms in total. The van der Waals surface area contributed by atoms with Crippen molar-refractivity contribution in [2.24, 2.45) is 0 Å². The number of piperazine rings is 1. The number of halogens is 3. The van der Waals surface area contributed by atoms with Gasteiger partial charge in [0.15, 0.2) is 0 Å². The number of nitrogens with zero attached hydrogens (tertiary/aromatic N) is 2. The van der Waals surface area contributed by atoms with Gasteiger partial charge >= 0.3 is 0 Å². The van der Waals surface area contributed by atoms with Gasteiger partial charge in [0.1, 0.15) is 17.2 Å². The summed E-state index contributed by atoms with van der Waals surface area (Å²) in [5.74, 6) is 0.288. The number of benzene rings is 1. The second-order valence-corrected chi connectivity index (χ2v) is 6.54. The molecule has 2 aliphatic heterocycles. The number of carbonyl (C=O) groups is 1. The second kappa shape index (κ2) is 10.3. The first kappa shape index (κ1) is 23.8. The molecule has 2 heterocycles. The van der Waals surface area contributed by atoms with Crippen molar-refractivity contribution in [2.45, 2.75) is 18.4 Å². The number of ether oxygens (including phenoxy) is 2. The average molecular weight is 424 g/mol. The summed E-state index contributed by atoms with van der Waals surface area (Å²) < 4.78 is 24.3. The smallest absolute Gasteiger partial charge is 0.255 e. The third-order valence-electron chi connectivity index (χ3n) is 5.24. The highest BCUT2D eigenvalue weighted by molar-refractivity contribution is 5.86. The molecule has 1 aromatic rings. The molecule has 2 aliphatic rings. The van der Waals surface area contributed by atoms with E-state index in [0.717, 1.165) is 18.8 Å². The van der Waals surface area contributed by atoms with E-state index in [4.69, 9.17) is 9.47 Å². The molecule has 0 radical (unpaired) electrons. The Labute approximate surface area is 172 Å². The van der Waals surface area contributed by atoms with Gasteiger partial charge < -0.3 is 24.6 Å². The molecule has 154 valence electrons. The van der Waals surface area contributed by atoms with E-state index in [1.807, 2.05) is 4.90 Å². The van der Waals surface area contributed by atoms with E-state index in [-0.39, 0.29) is 36.5 Å². The minimum absolute atomic E-state index is 0. The Bertz CT molecular complexity index is 622. The van der Waals surface area contributed by atoms with Crippen LogP contribution in [0, 0.1) is 5.82 Å². The molecule has 0 bridgehead atoms. The number of rotatable bonds is 4. The van der Waals surface area contributed by atoms with Crippen molar-refractivity contribution in [2.75, 3.05) is 58.4 Å². The molecular formula is C18H28Cl2FN3O3. The zero-order valence-electron chi connectivity index (χ0n) is 15.7. The zero-order valence-corrected chi connectivity index (χ0v) is 17.3. The van der Waals surface area contributed by atoms with Crippen molar-refractivity contribution in [3.8, 4) is 5.75 Å². The number of piperidine rings is 1. The maximum Gasteiger partial charge on any atom is 0.255 e. The van der Waals surface area contributed by atoms with Gasteiger partial charge in [0.2, 0.25) is 0 Å². The van der Waals surface area contributed by atoms with Crippen LogP contribution in [0.15, 0.2) is 18.2 Å². The lowest BCUT2D eigenvalue weighted by Gasteiger charge is -2.42. The number of nitrogens with one attached hydrogen (secondary N) is 1. The lowest BCUT2D eigenvalue weighted by molar-refractivity contribution is -0.158. The molecule has 9 heteroatoms. The van der Waals surface area contributed by atoms with Gasteiger partial charge in [-0.25, -0.2) is 4.39 Å². The summed E-state index contributed by atoms with van der Waals surface area (Å²) in [5.41, 5.74) is 0.167. The van der Waals surface area contributed by atoms with Crippen molar-refractivity contribution in [3.63, 3.8) is 0 Å². The van der Waals surface area contributed by atoms with E-state index in [2.05, 4.69) is 10.2 Å². The van der Waals surface area contributed by atoms with Crippen LogP contribution in [-0.2, 0) is 9.53 Å². The summed E-state index contributed by atoms with van der Waals surface area (Å²) in [5, 5.41) is 3.27. The lowest BCUT2D eigenvalue weighted by atomic mass is 9.90. The van der Waals surface area contributed by atoms with Crippen LogP contribution in [0.25, 0.3) is 0 Å². The van der Waals surface area contributed by atoms with Crippen molar-refractivity contribution >= 4 is 36.4 Å². The van der Waals surface area contributed by atoms with E-state index in [0.29, 0.717) is 44.8 Å². The SMILES string of the molecule is COc1cc(F)ccc1N1CCN(C(=O)C2(OC)CCNCC2)CC1.Cl.Cl. The van der Waals surface area contributed by atoms with Crippen LogP contribution in [0.2, 0.25) is 0 Å². The Balaban J connectivity index is 0.00000182. The normalized spacial score (nSPS) is 18.9. The van der Waals surface area contributed by atoms with Gasteiger partial charge in [-0.3, -0.25) is 4.79 Å². The van der Waals surface area contributed by atoms with Gasteiger partial charge in [0, 0.05) is 39.4 Å². The molecule has 2 fully saturated rings. The fourth-order valence-corrected chi connectivity index (χ4v) is 3.69. The van der Waals surface area contributed by atoms with Crippen molar-refractivity contribution in [1.29, 1.82) is 0 Å². The fourth-order valence-electron chi connectivity index (χ4n) is 3.69. The predicted octanol–water partition coefficient (Wildman–Crippen LogP) is 2.10. The van der Waals surface area contributed by atoms with Gasteiger partial charge in [0.05, 0.1) is 12.8 Å². The number of amides is 1. The Morgan fingerprint density at radius 2 is 1.74 bits per heavy atom. The van der Waals surface area contributed by atoms with Crippen LogP contribution in [0.5, 0.6) is 5.75 Å². The quantitative estimate of drug-likeness (QED) is 0.803. The van der Waals surface area contributed by atoms with Gasteiger partial charge in [-0.15, -0.1) is 24.8 Å². The first-order valence-electron chi connectivity index (χ1n) is 8.73. The van der Waals surface area contributed by atoms with E-state index >= 15 is 0 Å². The summed E-state index contributed by atoms with van der Waals surface area (Å²) in [4.78, 5) is 17.0. The third kappa shape index (κ3) is 4.96. The first-order valence-corrected chi connectivity index (χ1v) is 8.73. The van der Waals surface area contributed by atoms with E-state index in [9.17, 15) is 9.18 Å². The molecule has 1 amide bonds. The average Bonchev–Trinajstić information content (AvgIpc) is 2.68. The van der Waals surface area contributed by atoms with Gasteiger partial charge in [-0.1, -0.05) is 0 Å². The predicted molar refractivity (Wildman–Crippen MR) is 108 cm³/mol. The number of anilines is 1. The number of methoxy groups -OCH3 is 2. The minimum atomic E-state index is -0.693. The zero-order chi connectivity index (χ0) is 17.9. The molecule has 0 atom stereocenters. The largest absolute Gasteiger partial charge is 0.494 e. The van der Waals surface area contributed by atoms with Crippen LogP contribution in [-0.4, -0.2) is 69.9 Å². The molecule has 1 N–H and O–H groups in total. The van der Waals surface area contributed by atoms with Gasteiger partial charge in [-0.2, -0.15) is 0 Å². The second-order valence-electron chi connectivity index (χ2n) is 6.54. The maximum absolute atomic E-state index is 13.4. The maximum atomic E-state index is 13.4. The minimum Gasteiger partial charge on any atom is -0.494 e. The lowest BCUT2D eigenvalue weighted by Crippen LogP contribution is -2.59. The molecule has 0 saturated carbocycles. The van der Waals surface area contributed by atoms with Crippen LogP contribution < -0.4 is 15.0 Å². The van der Waals surface area contributed by atoms with Gasteiger partial charge in [-0.05, 0) is 38.1 Å². The molecule has 0 unspecified atom stereocenters. The monoisotopic (exact) mass is 423 g/mol. The number of hydrogen-bond acceptors (Lipinski definition) is 5. The molecule has 3 rings (SSSR count). The van der Waals surface area contributed by atoms with Crippen molar-refractivity contribution in [3.05, 3.63) is 24.0 Å². The Morgan fingerprint density at radius 3 is 2.30 bits per heavy atom. The molecule has 0 aromatic heterocycles. The van der Waals surface area contributed by atoms with Crippen molar-refractivity contribution in [1.82, 2.24) is 10.2 Å². The molecule has 1 aromatic carbocycles. The molecular weight excluding hydrogens is 396 g/mol. The molecule has 2 saturated heterocycles. The molecule has 0 spiro atoms. The van der Waals surface area contributed by atoms with E-state index in [1.54, 1.807) is 13.2 Å². The van der Waals surface area contributed by atoms with E-state index in [1.165, 1.54) is 19.2 Å². The standard InChI is InChI=1S/C18H26FN3O3.2ClH/c1-24-16-13-14(19)3-4-15(16)21-9-11-22(12-10-21)17(23)18(25-2)5-7-20-8-6-18;;/h3-4,13,20H,5-12H2,1-2H3;2*1H. The number of carbonyl (C=O) groups excluding carboxylic acids is 1. The van der Waals surface area contributed by atoms with Crippen molar-refractivity contribution < 1.29 is 18.7 Å². The Morgan fingerprint density at radius 1 is 1.11 bits per heavy atom. The summed E-state index contributed by atoms with van der Waals surface area (Å²) in [6, 6.07) is 4.56. The summed E-state index contributed by atoms with van der Waals surface area (Å²) in [7, 11) is 3.17. The van der Waals surface area contributed by atoms with E-state index < -0.39 is 5.60 Å². The highest BCUT2D eigenvalue weighted by Gasteiger charge is 2.43. The van der Waals surface area contributed by atoms with Crippen LogP contribution in [0.4, 0.5) is 10.1 Å². The summed E-state index contributed by atoms with van der Waals surface area (Å²) in [6.45, 7) is 4.21. The molecule has 0 aliphatic carbocycles. The van der Waals surface area contributed by atoms with Gasteiger partial charge in [0.25, 0.3) is 5.91 Å².